The molecule has 3 aromatic rings. The zero-order valence-electron chi connectivity index (χ0n) is 12.5. The van der Waals surface area contributed by atoms with Gasteiger partial charge in [0, 0.05) is 10.8 Å². The topological polar surface area (TPSA) is 77.8 Å². The summed E-state index contributed by atoms with van der Waals surface area (Å²) in [5.41, 5.74) is 1.54. The molecule has 0 unspecified atom stereocenters. The van der Waals surface area contributed by atoms with Crippen LogP contribution in [0.3, 0.4) is 0 Å². The molecule has 0 bridgehead atoms. The summed E-state index contributed by atoms with van der Waals surface area (Å²) < 4.78 is 15.7. The number of imide groups is 1. The lowest BCUT2D eigenvalue weighted by atomic mass is 10.1. The van der Waals surface area contributed by atoms with Crippen LogP contribution in [0.1, 0.15) is 6.92 Å². The highest BCUT2D eigenvalue weighted by molar-refractivity contribution is 6.05. The zero-order chi connectivity index (χ0) is 16.2. The number of ether oxygens (including phenoxy) is 2. The van der Waals surface area contributed by atoms with E-state index >= 15 is 0 Å². The molecule has 2 aromatic carbocycles. The molecule has 0 spiro atoms. The Morgan fingerprint density at radius 3 is 2.70 bits per heavy atom. The third-order valence-corrected chi connectivity index (χ3v) is 3.24. The van der Waals surface area contributed by atoms with E-state index in [0.29, 0.717) is 5.75 Å². The van der Waals surface area contributed by atoms with Crippen molar-refractivity contribution in [1.29, 1.82) is 0 Å². The molecule has 23 heavy (non-hydrogen) atoms. The van der Waals surface area contributed by atoms with Crippen LogP contribution in [0, 0.1) is 0 Å². The first kappa shape index (κ1) is 14.9. The number of fused-ring (bicyclic) bond motifs is 3. The molecule has 118 valence electrons. The second-order valence-corrected chi connectivity index (χ2v) is 4.81. The van der Waals surface area contributed by atoms with Crippen LogP contribution in [0.4, 0.5) is 4.79 Å². The number of nitrogens with one attached hydrogen (secondary N) is 1. The number of alkyl carbamates (subject to hydrolysis) is 1. The van der Waals surface area contributed by atoms with Crippen LogP contribution < -0.4 is 10.1 Å². The first-order valence-corrected chi connectivity index (χ1v) is 7.18. The number of benzene rings is 2. The van der Waals surface area contributed by atoms with E-state index in [1.54, 1.807) is 25.1 Å². The number of rotatable bonds is 4. The number of amides is 2. The molecular formula is C17H15NO5. The summed E-state index contributed by atoms with van der Waals surface area (Å²) in [6, 6.07) is 13.0. The van der Waals surface area contributed by atoms with E-state index < -0.39 is 12.0 Å². The maximum absolute atomic E-state index is 11.6. The molecule has 0 aliphatic heterocycles. The highest BCUT2D eigenvalue weighted by atomic mass is 16.5. The molecule has 3 rings (SSSR count). The summed E-state index contributed by atoms with van der Waals surface area (Å²) in [4.78, 5) is 22.7. The van der Waals surface area contributed by atoms with Crippen LogP contribution in [0.15, 0.2) is 46.9 Å². The van der Waals surface area contributed by atoms with E-state index in [9.17, 15) is 9.59 Å². The van der Waals surface area contributed by atoms with Gasteiger partial charge in [0.1, 0.15) is 16.9 Å². The third kappa shape index (κ3) is 3.26. The van der Waals surface area contributed by atoms with E-state index in [4.69, 9.17) is 9.15 Å². The fourth-order valence-corrected chi connectivity index (χ4v) is 2.26. The van der Waals surface area contributed by atoms with Crippen molar-refractivity contribution in [2.75, 3.05) is 13.2 Å². The predicted octanol–water partition coefficient (Wildman–Crippen LogP) is 3.24. The van der Waals surface area contributed by atoms with Crippen LogP contribution in [-0.4, -0.2) is 25.2 Å². The summed E-state index contributed by atoms with van der Waals surface area (Å²) in [6.45, 7) is 1.58. The first-order valence-electron chi connectivity index (χ1n) is 7.18. The molecule has 6 nitrogen and oxygen atoms in total. The van der Waals surface area contributed by atoms with Crippen LogP contribution in [0.2, 0.25) is 0 Å². The molecule has 0 aliphatic carbocycles. The molecule has 2 amide bonds. The minimum Gasteiger partial charge on any atom is -0.484 e. The van der Waals surface area contributed by atoms with Crippen LogP contribution >= 0.6 is 0 Å². The van der Waals surface area contributed by atoms with Crippen molar-refractivity contribution in [3.8, 4) is 5.75 Å². The normalized spacial score (nSPS) is 10.7. The van der Waals surface area contributed by atoms with Crippen molar-refractivity contribution in [2.45, 2.75) is 6.92 Å². The van der Waals surface area contributed by atoms with Gasteiger partial charge in [-0.1, -0.05) is 18.2 Å². The molecule has 6 heteroatoms. The van der Waals surface area contributed by atoms with Crippen molar-refractivity contribution in [1.82, 2.24) is 5.32 Å². The smallest absolute Gasteiger partial charge is 0.413 e. The predicted molar refractivity (Wildman–Crippen MR) is 84.4 cm³/mol. The van der Waals surface area contributed by atoms with Gasteiger partial charge in [0.05, 0.1) is 6.61 Å². The molecule has 0 atom stereocenters. The highest BCUT2D eigenvalue weighted by Crippen LogP contribution is 2.31. The Bertz CT molecular complexity index is 868. The van der Waals surface area contributed by atoms with Crippen molar-refractivity contribution in [3.63, 3.8) is 0 Å². The average molecular weight is 313 g/mol. The quantitative estimate of drug-likeness (QED) is 0.800. The van der Waals surface area contributed by atoms with Gasteiger partial charge in [-0.3, -0.25) is 10.1 Å². The summed E-state index contributed by atoms with van der Waals surface area (Å²) in [7, 11) is 0. The van der Waals surface area contributed by atoms with E-state index in [2.05, 4.69) is 10.1 Å². The van der Waals surface area contributed by atoms with Gasteiger partial charge in [-0.2, -0.15) is 0 Å². The van der Waals surface area contributed by atoms with Crippen LogP contribution in [0.5, 0.6) is 5.75 Å². The fourth-order valence-electron chi connectivity index (χ4n) is 2.26. The Morgan fingerprint density at radius 1 is 1.09 bits per heavy atom. The Labute approximate surface area is 132 Å². The van der Waals surface area contributed by atoms with Crippen LogP contribution in [-0.2, 0) is 9.53 Å². The molecule has 0 aliphatic rings. The van der Waals surface area contributed by atoms with Gasteiger partial charge < -0.3 is 13.9 Å². The maximum atomic E-state index is 11.6. The molecule has 0 fully saturated rings. The van der Waals surface area contributed by atoms with E-state index in [0.717, 1.165) is 21.9 Å². The fraction of sp³-hybridized carbons (Fsp3) is 0.176. The molecule has 1 aromatic heterocycles. The second kappa shape index (κ2) is 6.39. The monoisotopic (exact) mass is 313 g/mol. The summed E-state index contributed by atoms with van der Waals surface area (Å²) in [6.07, 6.45) is -0.780. The van der Waals surface area contributed by atoms with Crippen molar-refractivity contribution < 1.29 is 23.5 Å². The number of carbonyl (C=O) groups is 2. The van der Waals surface area contributed by atoms with Gasteiger partial charge >= 0.3 is 6.09 Å². The number of para-hydroxylation sites is 1. The molecule has 1 heterocycles. The average Bonchev–Trinajstić information content (AvgIpc) is 2.91. The molecule has 1 N–H and O–H groups in total. The minimum atomic E-state index is -0.780. The number of carbonyl (C=O) groups excluding carboxylic acids is 2. The standard InChI is InChI=1S/C17H15NO5/c1-2-21-17(20)18-16(19)10-22-11-7-8-15-13(9-11)12-5-3-4-6-14(12)23-15/h3-9H,2,10H2,1H3,(H,18,19,20). The van der Waals surface area contributed by atoms with Gasteiger partial charge in [0.25, 0.3) is 5.91 Å². The Morgan fingerprint density at radius 2 is 1.87 bits per heavy atom. The van der Waals surface area contributed by atoms with E-state index in [1.165, 1.54) is 0 Å². The summed E-state index contributed by atoms with van der Waals surface area (Å²) in [5, 5.41) is 3.95. The van der Waals surface area contributed by atoms with Crippen LogP contribution in [0.25, 0.3) is 21.9 Å². The van der Waals surface area contributed by atoms with Gasteiger partial charge in [-0.05, 0) is 31.2 Å². The third-order valence-electron chi connectivity index (χ3n) is 3.24. The highest BCUT2D eigenvalue weighted by Gasteiger charge is 2.11. The van der Waals surface area contributed by atoms with E-state index in [1.807, 2.05) is 24.3 Å². The zero-order valence-corrected chi connectivity index (χ0v) is 12.5. The summed E-state index contributed by atoms with van der Waals surface area (Å²) in [5.74, 6) is -0.0522. The number of furan rings is 1. The van der Waals surface area contributed by atoms with E-state index in [-0.39, 0.29) is 13.2 Å². The second-order valence-electron chi connectivity index (χ2n) is 4.81. The van der Waals surface area contributed by atoms with Gasteiger partial charge in [-0.25, -0.2) is 4.79 Å². The lowest BCUT2D eigenvalue weighted by Gasteiger charge is -2.06. The molecular weight excluding hydrogens is 298 g/mol. The van der Waals surface area contributed by atoms with Gasteiger partial charge in [0.2, 0.25) is 0 Å². The van der Waals surface area contributed by atoms with Gasteiger partial charge in [0.15, 0.2) is 6.61 Å². The van der Waals surface area contributed by atoms with Crippen molar-refractivity contribution >= 4 is 33.9 Å². The first-order chi connectivity index (χ1) is 11.2. The Balaban J connectivity index is 1.72. The number of hydrogen-bond acceptors (Lipinski definition) is 5. The number of hydrogen-bond donors (Lipinski definition) is 1. The SMILES string of the molecule is CCOC(=O)NC(=O)COc1ccc2oc3ccccc3c2c1. The molecule has 0 radical (unpaired) electrons. The lowest BCUT2D eigenvalue weighted by molar-refractivity contribution is -0.122. The largest absolute Gasteiger partial charge is 0.484 e. The van der Waals surface area contributed by atoms with Crippen molar-refractivity contribution in [2.24, 2.45) is 0 Å². The van der Waals surface area contributed by atoms with Gasteiger partial charge in [-0.15, -0.1) is 0 Å². The lowest BCUT2D eigenvalue weighted by Crippen LogP contribution is -2.34. The summed E-state index contributed by atoms with van der Waals surface area (Å²) >= 11 is 0. The minimum absolute atomic E-state index is 0.199. The van der Waals surface area contributed by atoms with Crippen molar-refractivity contribution in [3.05, 3.63) is 42.5 Å². The Hall–Kier alpha value is -3.02. The molecule has 0 saturated carbocycles. The maximum Gasteiger partial charge on any atom is 0.413 e. The Kier molecular flexibility index (Phi) is 4.14. The molecule has 0 saturated heterocycles.